The summed E-state index contributed by atoms with van der Waals surface area (Å²) in [5.74, 6) is 3.00. The van der Waals surface area contributed by atoms with Gasteiger partial charge < -0.3 is 0 Å². The van der Waals surface area contributed by atoms with Crippen LogP contribution in [0, 0.1) is 12.3 Å². The summed E-state index contributed by atoms with van der Waals surface area (Å²) in [6.45, 7) is 4.01. The Labute approximate surface area is 135 Å². The first-order chi connectivity index (χ1) is 10.8. The van der Waals surface area contributed by atoms with E-state index in [0.29, 0.717) is 0 Å². The Bertz CT molecular complexity index is 526. The first-order valence-corrected chi connectivity index (χ1v) is 8.11. The summed E-state index contributed by atoms with van der Waals surface area (Å²) in [5.41, 5.74) is 2.63. The summed E-state index contributed by atoms with van der Waals surface area (Å²) in [7, 11) is 0. The average Bonchev–Trinajstić information content (AvgIpc) is 2.57. The van der Waals surface area contributed by atoms with Crippen molar-refractivity contribution < 1.29 is 0 Å². The third-order valence-electron chi connectivity index (χ3n) is 3.92. The van der Waals surface area contributed by atoms with Crippen molar-refractivity contribution in [3.63, 3.8) is 0 Å². The Morgan fingerprint density at radius 1 is 0.909 bits per heavy atom. The van der Waals surface area contributed by atoms with Crippen LogP contribution in [-0.4, -0.2) is 10.9 Å². The maximum Gasteiger partial charge on any atom is 0.0717 e. The van der Waals surface area contributed by atoms with Gasteiger partial charge in [-0.2, -0.15) is 0 Å². The first kappa shape index (κ1) is 16.3. The van der Waals surface area contributed by atoms with Gasteiger partial charge in [-0.05, 0) is 17.5 Å². The molecule has 0 saturated carbocycles. The standard InChI is InChI=1S/C21H25N/c1-3-5-16-21(4-2)22(17-19-12-8-6-9-13-19)18-20-14-10-7-11-15-20/h2,6-15,21H,3,5,16-18H2,1H3. The van der Waals surface area contributed by atoms with Crippen LogP contribution < -0.4 is 0 Å². The predicted molar refractivity (Wildman–Crippen MR) is 94.3 cm³/mol. The molecule has 1 heteroatoms. The van der Waals surface area contributed by atoms with Gasteiger partial charge in [0.1, 0.15) is 0 Å². The van der Waals surface area contributed by atoms with E-state index in [4.69, 9.17) is 6.42 Å². The Balaban J connectivity index is 2.14. The van der Waals surface area contributed by atoms with Crippen molar-refractivity contribution in [1.29, 1.82) is 0 Å². The molecule has 0 saturated heterocycles. The molecule has 2 rings (SSSR count). The molecule has 0 aliphatic carbocycles. The SMILES string of the molecule is C#CC(CCCC)N(Cc1ccccc1)Cc1ccccc1. The lowest BCUT2D eigenvalue weighted by Gasteiger charge is -2.28. The van der Waals surface area contributed by atoms with Gasteiger partial charge >= 0.3 is 0 Å². The van der Waals surface area contributed by atoms with Gasteiger partial charge in [-0.25, -0.2) is 0 Å². The molecule has 1 unspecified atom stereocenters. The number of nitrogens with zero attached hydrogens (tertiary/aromatic N) is 1. The third kappa shape index (κ3) is 5.06. The molecule has 1 nitrogen and oxygen atoms in total. The predicted octanol–water partition coefficient (Wildman–Crippen LogP) is 4.88. The van der Waals surface area contributed by atoms with E-state index < -0.39 is 0 Å². The fourth-order valence-electron chi connectivity index (χ4n) is 2.68. The second-order valence-corrected chi connectivity index (χ2v) is 5.70. The maximum absolute atomic E-state index is 5.83. The molecule has 0 fully saturated rings. The lowest BCUT2D eigenvalue weighted by atomic mass is 10.1. The van der Waals surface area contributed by atoms with E-state index in [9.17, 15) is 0 Å². The molecule has 0 aliphatic heterocycles. The van der Waals surface area contributed by atoms with Crippen molar-refractivity contribution in [2.45, 2.75) is 45.3 Å². The Morgan fingerprint density at radius 3 is 1.82 bits per heavy atom. The van der Waals surface area contributed by atoms with Crippen LogP contribution in [0.15, 0.2) is 60.7 Å². The maximum atomic E-state index is 5.83. The highest BCUT2D eigenvalue weighted by molar-refractivity contribution is 5.18. The minimum Gasteiger partial charge on any atom is -0.281 e. The van der Waals surface area contributed by atoms with Gasteiger partial charge in [0.25, 0.3) is 0 Å². The second kappa shape index (κ2) is 9.07. The lowest BCUT2D eigenvalue weighted by Crippen LogP contribution is -2.33. The van der Waals surface area contributed by atoms with Gasteiger partial charge in [-0.3, -0.25) is 4.90 Å². The van der Waals surface area contributed by atoms with E-state index in [2.05, 4.69) is 78.4 Å². The Hall–Kier alpha value is -2.04. The topological polar surface area (TPSA) is 3.24 Å². The number of terminal acetylenes is 1. The van der Waals surface area contributed by atoms with Gasteiger partial charge in [0.05, 0.1) is 6.04 Å². The van der Waals surface area contributed by atoms with Crippen LogP contribution in [0.25, 0.3) is 0 Å². The minimum absolute atomic E-state index is 0.195. The summed E-state index contributed by atoms with van der Waals surface area (Å²) in [5, 5.41) is 0. The van der Waals surface area contributed by atoms with Crippen molar-refractivity contribution in [2.75, 3.05) is 0 Å². The van der Waals surface area contributed by atoms with E-state index in [0.717, 1.165) is 19.5 Å². The van der Waals surface area contributed by atoms with Crippen molar-refractivity contribution in [3.8, 4) is 12.3 Å². The number of hydrogen-bond donors (Lipinski definition) is 0. The van der Waals surface area contributed by atoms with E-state index in [-0.39, 0.29) is 6.04 Å². The van der Waals surface area contributed by atoms with Crippen molar-refractivity contribution in [3.05, 3.63) is 71.8 Å². The third-order valence-corrected chi connectivity index (χ3v) is 3.92. The summed E-state index contributed by atoms with van der Waals surface area (Å²) >= 11 is 0. The van der Waals surface area contributed by atoms with Crippen LogP contribution in [0.3, 0.4) is 0 Å². The van der Waals surface area contributed by atoms with Crippen molar-refractivity contribution >= 4 is 0 Å². The van der Waals surface area contributed by atoms with Gasteiger partial charge in [-0.1, -0.05) is 86.3 Å². The van der Waals surface area contributed by atoms with Gasteiger partial charge in [0.2, 0.25) is 0 Å². The van der Waals surface area contributed by atoms with Crippen LogP contribution in [0.4, 0.5) is 0 Å². The molecule has 0 bridgehead atoms. The summed E-state index contributed by atoms with van der Waals surface area (Å²) < 4.78 is 0. The molecular weight excluding hydrogens is 266 g/mol. The molecular formula is C21H25N. The lowest BCUT2D eigenvalue weighted by molar-refractivity contribution is 0.206. The highest BCUT2D eigenvalue weighted by atomic mass is 15.1. The molecule has 0 aliphatic rings. The van der Waals surface area contributed by atoms with Crippen molar-refractivity contribution in [1.82, 2.24) is 4.90 Å². The molecule has 114 valence electrons. The Morgan fingerprint density at radius 2 is 1.41 bits per heavy atom. The number of rotatable bonds is 8. The van der Waals surface area contributed by atoms with Crippen LogP contribution >= 0.6 is 0 Å². The van der Waals surface area contributed by atoms with Crippen molar-refractivity contribution in [2.24, 2.45) is 0 Å². The van der Waals surface area contributed by atoms with Crippen LogP contribution in [0.2, 0.25) is 0 Å². The highest BCUT2D eigenvalue weighted by Crippen LogP contribution is 2.16. The molecule has 0 heterocycles. The van der Waals surface area contributed by atoms with Crippen LogP contribution in [-0.2, 0) is 13.1 Å². The minimum atomic E-state index is 0.195. The van der Waals surface area contributed by atoms with E-state index >= 15 is 0 Å². The zero-order valence-corrected chi connectivity index (χ0v) is 13.4. The van der Waals surface area contributed by atoms with Crippen LogP contribution in [0.1, 0.15) is 37.3 Å². The Kier molecular flexibility index (Phi) is 6.74. The average molecular weight is 291 g/mol. The number of unbranched alkanes of at least 4 members (excludes halogenated alkanes) is 1. The number of hydrogen-bond acceptors (Lipinski definition) is 1. The normalized spacial score (nSPS) is 12.0. The molecule has 0 N–H and O–H groups in total. The smallest absolute Gasteiger partial charge is 0.0717 e. The fraction of sp³-hybridized carbons (Fsp3) is 0.333. The fourth-order valence-corrected chi connectivity index (χ4v) is 2.68. The molecule has 2 aromatic rings. The molecule has 0 aromatic heterocycles. The second-order valence-electron chi connectivity index (χ2n) is 5.70. The zero-order valence-electron chi connectivity index (χ0n) is 13.4. The quantitative estimate of drug-likeness (QED) is 0.626. The number of benzene rings is 2. The van der Waals surface area contributed by atoms with Crippen LogP contribution in [0.5, 0.6) is 0 Å². The summed E-state index contributed by atoms with van der Waals surface area (Å²) in [6, 6.07) is 21.4. The first-order valence-electron chi connectivity index (χ1n) is 8.11. The molecule has 2 aromatic carbocycles. The molecule has 0 radical (unpaired) electrons. The largest absolute Gasteiger partial charge is 0.281 e. The summed E-state index contributed by atoms with van der Waals surface area (Å²) in [4.78, 5) is 2.42. The van der Waals surface area contributed by atoms with E-state index in [1.54, 1.807) is 0 Å². The van der Waals surface area contributed by atoms with E-state index in [1.165, 1.54) is 24.0 Å². The van der Waals surface area contributed by atoms with Gasteiger partial charge in [0, 0.05) is 13.1 Å². The summed E-state index contributed by atoms with van der Waals surface area (Å²) in [6.07, 6.45) is 9.25. The monoisotopic (exact) mass is 291 g/mol. The van der Waals surface area contributed by atoms with Gasteiger partial charge in [-0.15, -0.1) is 6.42 Å². The highest BCUT2D eigenvalue weighted by Gasteiger charge is 2.16. The van der Waals surface area contributed by atoms with Gasteiger partial charge in [0.15, 0.2) is 0 Å². The molecule has 0 amide bonds. The zero-order chi connectivity index (χ0) is 15.6. The van der Waals surface area contributed by atoms with E-state index in [1.807, 2.05) is 0 Å². The molecule has 0 spiro atoms. The molecule has 1 atom stereocenters. The molecule has 22 heavy (non-hydrogen) atoms.